The molecule has 3 aliphatic rings. The number of anilines is 1. The summed E-state index contributed by atoms with van der Waals surface area (Å²) in [4.78, 5) is 13.9. The third-order valence-corrected chi connectivity index (χ3v) is 7.15. The van der Waals surface area contributed by atoms with E-state index < -0.39 is 0 Å². The molecule has 1 aromatic rings. The Bertz CT molecular complexity index is 614. The van der Waals surface area contributed by atoms with Gasteiger partial charge in [0.15, 0.2) is 5.13 Å². The fraction of sp³-hybridized carbons (Fsp3) is 0.750. The Labute approximate surface area is 162 Å². The molecule has 144 valence electrons. The molecule has 1 aliphatic carbocycles. The second-order valence-corrected chi connectivity index (χ2v) is 9.00. The molecule has 0 atom stereocenters. The molecular weight excluding hydrogens is 342 g/mol. The first-order valence-corrected chi connectivity index (χ1v) is 11.2. The van der Waals surface area contributed by atoms with Crippen LogP contribution in [0.4, 0.5) is 5.13 Å². The fourth-order valence-electron chi connectivity index (χ4n) is 4.42. The molecule has 6 heteroatoms. The van der Waals surface area contributed by atoms with Gasteiger partial charge in [-0.05, 0) is 25.8 Å². The molecule has 1 saturated carbocycles. The lowest BCUT2D eigenvalue weighted by Gasteiger charge is -2.34. The van der Waals surface area contributed by atoms with Gasteiger partial charge < -0.3 is 15.1 Å². The van der Waals surface area contributed by atoms with Gasteiger partial charge in [-0.1, -0.05) is 37.7 Å². The molecule has 0 spiro atoms. The van der Waals surface area contributed by atoms with E-state index >= 15 is 0 Å². The van der Waals surface area contributed by atoms with E-state index in [-0.39, 0.29) is 0 Å². The summed E-state index contributed by atoms with van der Waals surface area (Å²) in [5.41, 5.74) is 1.32. The van der Waals surface area contributed by atoms with Gasteiger partial charge in [-0.3, -0.25) is 4.90 Å². The van der Waals surface area contributed by atoms with Crippen molar-refractivity contribution in [1.29, 1.82) is 0 Å². The minimum atomic E-state index is 0.639. The standard InChI is InChI=1S/C20H33N5S/c1-3-9-23-11-13-24(14-12-23)20-22-18-8-10-25(15-19(18)26-20)16(2)21-17-6-4-5-7-17/h17,21H,2-15H2,1H3. The minimum Gasteiger partial charge on any atom is -0.369 e. The quantitative estimate of drug-likeness (QED) is 0.827. The van der Waals surface area contributed by atoms with E-state index in [1.54, 1.807) is 0 Å². The summed E-state index contributed by atoms with van der Waals surface area (Å²) in [6, 6.07) is 0.639. The highest BCUT2D eigenvalue weighted by Gasteiger charge is 2.26. The van der Waals surface area contributed by atoms with Gasteiger partial charge in [0.1, 0.15) is 0 Å². The van der Waals surface area contributed by atoms with E-state index in [4.69, 9.17) is 4.98 Å². The van der Waals surface area contributed by atoms with Gasteiger partial charge in [-0.2, -0.15) is 0 Å². The molecule has 2 aliphatic heterocycles. The van der Waals surface area contributed by atoms with Crippen molar-refractivity contribution in [3.8, 4) is 0 Å². The molecule has 0 unspecified atom stereocenters. The SMILES string of the molecule is C=C(NC1CCCC1)N1CCc2nc(N3CCN(CCC)CC3)sc2C1. The molecule has 2 fully saturated rings. The topological polar surface area (TPSA) is 34.6 Å². The molecule has 5 nitrogen and oxygen atoms in total. The summed E-state index contributed by atoms with van der Waals surface area (Å²) in [5.74, 6) is 1.12. The maximum Gasteiger partial charge on any atom is 0.185 e. The van der Waals surface area contributed by atoms with Crippen LogP contribution in [0.5, 0.6) is 0 Å². The van der Waals surface area contributed by atoms with Crippen LogP contribution in [0, 0.1) is 0 Å². The largest absolute Gasteiger partial charge is 0.369 e. The van der Waals surface area contributed by atoms with Crippen LogP contribution in [0.3, 0.4) is 0 Å². The van der Waals surface area contributed by atoms with E-state index in [0.29, 0.717) is 6.04 Å². The second kappa shape index (κ2) is 8.17. The number of thiazole rings is 1. The van der Waals surface area contributed by atoms with E-state index in [1.165, 1.54) is 67.4 Å². The van der Waals surface area contributed by atoms with Gasteiger partial charge >= 0.3 is 0 Å². The first-order chi connectivity index (χ1) is 12.7. The first kappa shape index (κ1) is 18.1. The summed E-state index contributed by atoms with van der Waals surface area (Å²) < 4.78 is 0. The fourth-order valence-corrected chi connectivity index (χ4v) is 5.60. The molecule has 0 bridgehead atoms. The summed E-state index contributed by atoms with van der Waals surface area (Å²) >= 11 is 1.91. The normalized spacial score (nSPS) is 21.9. The van der Waals surface area contributed by atoms with Crippen LogP contribution in [0.15, 0.2) is 12.4 Å². The monoisotopic (exact) mass is 375 g/mol. The summed E-state index contributed by atoms with van der Waals surface area (Å²) in [6.45, 7) is 14.4. The molecule has 1 saturated heterocycles. The van der Waals surface area contributed by atoms with E-state index in [2.05, 4.69) is 33.5 Å². The highest BCUT2D eigenvalue weighted by molar-refractivity contribution is 7.15. The van der Waals surface area contributed by atoms with Crippen LogP contribution in [0.2, 0.25) is 0 Å². The van der Waals surface area contributed by atoms with Crippen molar-refractivity contribution in [3.63, 3.8) is 0 Å². The zero-order chi connectivity index (χ0) is 17.9. The molecule has 0 aromatic carbocycles. The van der Waals surface area contributed by atoms with Crippen LogP contribution >= 0.6 is 11.3 Å². The Kier molecular flexibility index (Phi) is 5.69. The first-order valence-electron chi connectivity index (χ1n) is 10.4. The van der Waals surface area contributed by atoms with Crippen molar-refractivity contribution in [2.24, 2.45) is 0 Å². The zero-order valence-electron chi connectivity index (χ0n) is 16.2. The number of hydrogen-bond acceptors (Lipinski definition) is 6. The van der Waals surface area contributed by atoms with Crippen molar-refractivity contribution in [2.75, 3.05) is 44.2 Å². The lowest BCUT2D eigenvalue weighted by Crippen LogP contribution is -2.46. The Morgan fingerprint density at radius 3 is 2.69 bits per heavy atom. The van der Waals surface area contributed by atoms with Crippen LogP contribution in [0.1, 0.15) is 49.6 Å². The van der Waals surface area contributed by atoms with Gasteiger partial charge in [0, 0.05) is 50.1 Å². The Morgan fingerprint density at radius 2 is 1.96 bits per heavy atom. The number of fused-ring (bicyclic) bond motifs is 1. The number of nitrogens with one attached hydrogen (secondary N) is 1. The third kappa shape index (κ3) is 4.01. The van der Waals surface area contributed by atoms with Gasteiger partial charge in [0.25, 0.3) is 0 Å². The van der Waals surface area contributed by atoms with Crippen molar-refractivity contribution in [1.82, 2.24) is 20.1 Å². The van der Waals surface area contributed by atoms with Crippen LogP contribution < -0.4 is 10.2 Å². The predicted octanol–water partition coefficient (Wildman–Crippen LogP) is 3.04. The van der Waals surface area contributed by atoms with Crippen LogP contribution in [0.25, 0.3) is 0 Å². The van der Waals surface area contributed by atoms with Crippen molar-refractivity contribution in [2.45, 2.75) is 58.0 Å². The summed E-state index contributed by atoms with van der Waals surface area (Å²) in [7, 11) is 0. The van der Waals surface area contributed by atoms with E-state index in [0.717, 1.165) is 38.4 Å². The molecule has 26 heavy (non-hydrogen) atoms. The number of rotatable bonds is 6. The van der Waals surface area contributed by atoms with Crippen molar-refractivity contribution < 1.29 is 0 Å². The second-order valence-electron chi connectivity index (χ2n) is 7.94. The molecule has 0 amide bonds. The lowest BCUT2D eigenvalue weighted by atomic mass is 10.2. The Morgan fingerprint density at radius 1 is 1.19 bits per heavy atom. The molecule has 0 radical (unpaired) electrons. The number of nitrogens with zero attached hydrogens (tertiary/aromatic N) is 4. The van der Waals surface area contributed by atoms with Crippen molar-refractivity contribution >= 4 is 16.5 Å². The number of aromatic nitrogens is 1. The average Bonchev–Trinajstić information content (AvgIpc) is 3.31. The zero-order valence-corrected chi connectivity index (χ0v) is 17.0. The van der Waals surface area contributed by atoms with Gasteiger partial charge in [-0.25, -0.2) is 4.98 Å². The van der Waals surface area contributed by atoms with Crippen LogP contribution in [-0.4, -0.2) is 60.1 Å². The highest BCUT2D eigenvalue weighted by atomic mass is 32.1. The minimum absolute atomic E-state index is 0.639. The van der Waals surface area contributed by atoms with Gasteiger partial charge in [-0.15, -0.1) is 0 Å². The third-order valence-electron chi connectivity index (χ3n) is 6.01. The lowest BCUT2D eigenvalue weighted by molar-refractivity contribution is 0.258. The maximum atomic E-state index is 4.99. The van der Waals surface area contributed by atoms with Crippen molar-refractivity contribution in [3.05, 3.63) is 23.0 Å². The maximum absolute atomic E-state index is 4.99. The van der Waals surface area contributed by atoms with E-state index in [1.807, 2.05) is 11.3 Å². The number of hydrogen-bond donors (Lipinski definition) is 1. The predicted molar refractivity (Wildman–Crippen MR) is 110 cm³/mol. The molecular formula is C20H33N5S. The average molecular weight is 376 g/mol. The Balaban J connectivity index is 1.34. The van der Waals surface area contributed by atoms with E-state index in [9.17, 15) is 0 Å². The summed E-state index contributed by atoms with van der Waals surface area (Å²) in [6.07, 6.45) is 7.62. The van der Waals surface area contributed by atoms with Gasteiger partial charge in [0.2, 0.25) is 0 Å². The van der Waals surface area contributed by atoms with Gasteiger partial charge in [0.05, 0.1) is 18.1 Å². The smallest absolute Gasteiger partial charge is 0.185 e. The molecule has 3 heterocycles. The Hall–Kier alpha value is -1.27. The molecule has 1 N–H and O–H groups in total. The molecule has 4 rings (SSSR count). The molecule has 1 aromatic heterocycles. The highest BCUT2D eigenvalue weighted by Crippen LogP contribution is 2.32. The number of piperazine rings is 1. The summed E-state index contributed by atoms with van der Waals surface area (Å²) in [5, 5.41) is 4.90. The van der Waals surface area contributed by atoms with Crippen LogP contribution in [-0.2, 0) is 13.0 Å².